The van der Waals surface area contributed by atoms with Crippen molar-refractivity contribution < 1.29 is 13.6 Å². The fraction of sp³-hybridized carbons (Fsp3) is 1.00. The molecule has 0 spiro atoms. The predicted molar refractivity (Wildman–Crippen MR) is 108 cm³/mol. The average molecular weight is 380 g/mol. The van der Waals surface area contributed by atoms with E-state index in [1.54, 1.807) is 0 Å². The first kappa shape index (κ1) is 25.2. The fourth-order valence-corrected chi connectivity index (χ4v) is 3.38. The molecule has 0 radical (unpaired) electrons. The van der Waals surface area contributed by atoms with Gasteiger partial charge in [0.05, 0.1) is 19.8 Å². The van der Waals surface area contributed by atoms with E-state index >= 15 is 0 Å². The minimum absolute atomic E-state index is 0.657. The minimum Gasteiger partial charge on any atom is -0.311 e. The Balaban J connectivity index is 4.24. The van der Waals surface area contributed by atoms with E-state index in [9.17, 15) is 0 Å². The summed E-state index contributed by atoms with van der Waals surface area (Å²) < 4.78 is 17.7. The number of likely N-dealkylation sites (N-methyl/N-ethyl adjacent to an activating group) is 3. The highest BCUT2D eigenvalue weighted by Gasteiger charge is 2.14. The van der Waals surface area contributed by atoms with Crippen molar-refractivity contribution in [1.29, 1.82) is 0 Å². The van der Waals surface area contributed by atoms with Crippen LogP contribution in [0.25, 0.3) is 0 Å². The summed E-state index contributed by atoms with van der Waals surface area (Å²) in [5.74, 6) is 0. The third-order valence-corrected chi connectivity index (χ3v) is 5.68. The number of rotatable bonds is 18. The largest absolute Gasteiger partial charge is 0.332 e. The molecule has 0 aromatic heterocycles. The molecule has 6 nitrogen and oxygen atoms in total. The van der Waals surface area contributed by atoms with Crippen LogP contribution in [-0.4, -0.2) is 93.4 Å². The molecular formula is C18H42N3O3P. The normalized spacial score (nSPS) is 12.2. The zero-order valence-electron chi connectivity index (χ0n) is 17.5. The molecule has 0 N–H and O–H groups in total. The van der Waals surface area contributed by atoms with Crippen LogP contribution in [0, 0.1) is 0 Å². The monoisotopic (exact) mass is 379 g/mol. The molecule has 0 heterocycles. The maximum atomic E-state index is 5.92. The van der Waals surface area contributed by atoms with Crippen LogP contribution < -0.4 is 0 Å². The molecule has 0 aromatic rings. The number of hydrogen-bond donors (Lipinski definition) is 0. The van der Waals surface area contributed by atoms with Crippen LogP contribution in [0.2, 0.25) is 0 Å². The van der Waals surface area contributed by atoms with Crippen molar-refractivity contribution in [2.45, 2.75) is 41.5 Å². The van der Waals surface area contributed by atoms with Crippen LogP contribution in [0.1, 0.15) is 41.5 Å². The van der Waals surface area contributed by atoms with Crippen molar-refractivity contribution >= 4 is 8.60 Å². The molecule has 0 aromatic carbocycles. The Morgan fingerprint density at radius 3 is 0.920 bits per heavy atom. The third kappa shape index (κ3) is 13.1. The summed E-state index contributed by atoms with van der Waals surface area (Å²) >= 11 is 0. The molecule has 0 amide bonds. The molecule has 0 saturated heterocycles. The highest BCUT2D eigenvalue weighted by atomic mass is 31.2. The van der Waals surface area contributed by atoms with Gasteiger partial charge in [-0.2, -0.15) is 0 Å². The molecule has 0 aliphatic rings. The van der Waals surface area contributed by atoms with Crippen LogP contribution >= 0.6 is 8.60 Å². The highest BCUT2D eigenvalue weighted by Crippen LogP contribution is 2.39. The van der Waals surface area contributed by atoms with E-state index < -0.39 is 8.60 Å². The van der Waals surface area contributed by atoms with Crippen molar-refractivity contribution in [3.05, 3.63) is 0 Å². The Labute approximate surface area is 157 Å². The molecule has 0 aliphatic heterocycles. The molecule has 152 valence electrons. The minimum atomic E-state index is -1.26. The van der Waals surface area contributed by atoms with E-state index in [1.165, 1.54) is 0 Å². The first-order valence-electron chi connectivity index (χ1n) is 10.0. The van der Waals surface area contributed by atoms with Crippen molar-refractivity contribution in [2.24, 2.45) is 0 Å². The lowest BCUT2D eigenvalue weighted by Gasteiger charge is -2.23. The SMILES string of the molecule is CCN(CC)CCOP(OCCN(CC)CC)OCCN(CC)CC. The maximum absolute atomic E-state index is 5.92. The molecule has 0 atom stereocenters. The first-order chi connectivity index (χ1) is 12.1. The van der Waals surface area contributed by atoms with Crippen molar-refractivity contribution in [3.8, 4) is 0 Å². The fourth-order valence-electron chi connectivity index (χ4n) is 2.46. The van der Waals surface area contributed by atoms with Crippen LogP contribution in [0.4, 0.5) is 0 Å². The Morgan fingerprint density at radius 2 is 0.720 bits per heavy atom. The second kappa shape index (κ2) is 17.6. The predicted octanol–water partition coefficient (Wildman–Crippen LogP) is 3.29. The first-order valence-corrected chi connectivity index (χ1v) is 11.1. The summed E-state index contributed by atoms with van der Waals surface area (Å²) in [7, 11) is -1.26. The second-order valence-electron chi connectivity index (χ2n) is 5.80. The topological polar surface area (TPSA) is 37.4 Å². The van der Waals surface area contributed by atoms with Gasteiger partial charge >= 0.3 is 8.60 Å². The summed E-state index contributed by atoms with van der Waals surface area (Å²) in [5.41, 5.74) is 0. The van der Waals surface area contributed by atoms with Gasteiger partial charge in [-0.3, -0.25) is 0 Å². The van der Waals surface area contributed by atoms with Gasteiger partial charge < -0.3 is 28.3 Å². The maximum Gasteiger partial charge on any atom is 0.332 e. The summed E-state index contributed by atoms with van der Waals surface area (Å²) in [4.78, 5) is 7.04. The van der Waals surface area contributed by atoms with Gasteiger partial charge in [0.1, 0.15) is 0 Å². The second-order valence-corrected chi connectivity index (χ2v) is 7.03. The van der Waals surface area contributed by atoms with Gasteiger partial charge in [0.25, 0.3) is 0 Å². The van der Waals surface area contributed by atoms with E-state index in [2.05, 4.69) is 56.2 Å². The van der Waals surface area contributed by atoms with Gasteiger partial charge in [-0.1, -0.05) is 41.5 Å². The molecule has 0 bridgehead atoms. The standard InChI is InChI=1S/C18H42N3O3P/c1-7-19(8-2)13-16-22-25(23-17-14-20(9-3)10-4)24-18-15-21(11-5)12-6/h7-18H2,1-6H3. The quantitative estimate of drug-likeness (QED) is 0.340. The zero-order valence-corrected chi connectivity index (χ0v) is 18.4. The van der Waals surface area contributed by atoms with Gasteiger partial charge in [-0.05, 0) is 39.3 Å². The Hall–Kier alpha value is 0.190. The Morgan fingerprint density at radius 1 is 0.480 bits per heavy atom. The lowest BCUT2D eigenvalue weighted by atomic mass is 10.5. The molecule has 0 unspecified atom stereocenters. The van der Waals surface area contributed by atoms with Crippen molar-refractivity contribution in [1.82, 2.24) is 14.7 Å². The molecule has 25 heavy (non-hydrogen) atoms. The lowest BCUT2D eigenvalue weighted by Crippen LogP contribution is -2.28. The summed E-state index contributed by atoms with van der Waals surface area (Å²) in [6.07, 6.45) is 0. The Kier molecular flexibility index (Phi) is 17.7. The van der Waals surface area contributed by atoms with Gasteiger partial charge in [0.2, 0.25) is 0 Å². The number of hydrogen-bond acceptors (Lipinski definition) is 6. The smallest absolute Gasteiger partial charge is 0.311 e. The van der Waals surface area contributed by atoms with Crippen LogP contribution in [-0.2, 0) is 13.6 Å². The molecule has 0 rings (SSSR count). The van der Waals surface area contributed by atoms with Gasteiger partial charge in [-0.15, -0.1) is 0 Å². The summed E-state index contributed by atoms with van der Waals surface area (Å²) in [5, 5.41) is 0. The summed E-state index contributed by atoms with van der Waals surface area (Å²) in [6.45, 7) is 24.0. The van der Waals surface area contributed by atoms with Crippen LogP contribution in [0.3, 0.4) is 0 Å². The van der Waals surface area contributed by atoms with E-state index in [0.29, 0.717) is 19.8 Å². The van der Waals surface area contributed by atoms with E-state index in [4.69, 9.17) is 13.6 Å². The van der Waals surface area contributed by atoms with Gasteiger partial charge in [0.15, 0.2) is 0 Å². The van der Waals surface area contributed by atoms with Crippen LogP contribution in [0.15, 0.2) is 0 Å². The van der Waals surface area contributed by atoms with E-state index in [-0.39, 0.29) is 0 Å². The summed E-state index contributed by atoms with van der Waals surface area (Å²) in [6, 6.07) is 0. The highest BCUT2D eigenvalue weighted by molar-refractivity contribution is 7.41. The van der Waals surface area contributed by atoms with Crippen molar-refractivity contribution in [3.63, 3.8) is 0 Å². The molecule has 0 aliphatic carbocycles. The van der Waals surface area contributed by atoms with Gasteiger partial charge in [-0.25, -0.2) is 0 Å². The molecular weight excluding hydrogens is 337 g/mol. The third-order valence-electron chi connectivity index (χ3n) is 4.50. The van der Waals surface area contributed by atoms with Crippen LogP contribution in [0.5, 0.6) is 0 Å². The molecule has 0 saturated carbocycles. The zero-order chi connectivity index (χ0) is 18.9. The van der Waals surface area contributed by atoms with E-state index in [0.717, 1.165) is 58.9 Å². The molecule has 7 heteroatoms. The molecule has 0 fully saturated rings. The lowest BCUT2D eigenvalue weighted by molar-refractivity contribution is 0.123. The average Bonchev–Trinajstić information content (AvgIpc) is 2.65. The Bertz CT molecular complexity index is 233. The van der Waals surface area contributed by atoms with E-state index in [1.807, 2.05) is 0 Å². The van der Waals surface area contributed by atoms with Crippen molar-refractivity contribution in [2.75, 3.05) is 78.7 Å². The van der Waals surface area contributed by atoms with Gasteiger partial charge in [0, 0.05) is 19.6 Å². The number of nitrogens with zero attached hydrogens (tertiary/aromatic N) is 3.